The van der Waals surface area contributed by atoms with Crippen LogP contribution in [0.2, 0.25) is 0 Å². The molecule has 0 aliphatic rings. The molecular weight excluding hydrogens is 539 g/mol. The van der Waals surface area contributed by atoms with Crippen LogP contribution < -0.4 is 10.1 Å². The van der Waals surface area contributed by atoms with Gasteiger partial charge in [-0.15, -0.1) is 0 Å². The van der Waals surface area contributed by atoms with E-state index < -0.39 is 23.6 Å². The largest absolute Gasteiger partial charge is 0.490 e. The summed E-state index contributed by atoms with van der Waals surface area (Å²) in [5.41, 5.74) is 2.77. The Kier molecular flexibility index (Phi) is 8.02. The minimum Gasteiger partial charge on any atom is -0.490 e. The second kappa shape index (κ2) is 11.0. The van der Waals surface area contributed by atoms with Crippen LogP contribution in [0.15, 0.2) is 53.4 Å². The maximum absolute atomic E-state index is 14.1. The number of hydrogen-bond acceptors (Lipinski definition) is 5. The van der Waals surface area contributed by atoms with Gasteiger partial charge in [0.25, 0.3) is 0 Å². The molecule has 1 N–H and O–H groups in total. The molecule has 196 valence electrons. The molecule has 0 saturated carbocycles. The van der Waals surface area contributed by atoms with Crippen molar-refractivity contribution < 1.29 is 18.7 Å². The van der Waals surface area contributed by atoms with Crippen LogP contribution in [-0.2, 0) is 11.3 Å². The number of aromatic nitrogens is 3. The molecule has 0 saturated heterocycles. The van der Waals surface area contributed by atoms with Gasteiger partial charge in [-0.05, 0) is 83.9 Å². The molecule has 4 rings (SSSR count). The minimum atomic E-state index is -0.626. The normalized spacial score (nSPS) is 13.5. The average molecular weight is 571 g/mol. The Hall–Kier alpha value is -3.20. The zero-order valence-electron chi connectivity index (χ0n) is 21.7. The van der Waals surface area contributed by atoms with Crippen LogP contribution in [0.3, 0.4) is 0 Å². The molecule has 9 heteroatoms. The van der Waals surface area contributed by atoms with Crippen LogP contribution in [0.25, 0.3) is 21.9 Å². The molecule has 37 heavy (non-hydrogen) atoms. The van der Waals surface area contributed by atoms with E-state index >= 15 is 0 Å². The Morgan fingerprint density at radius 1 is 1.14 bits per heavy atom. The van der Waals surface area contributed by atoms with Gasteiger partial charge in [-0.1, -0.05) is 15.9 Å². The van der Waals surface area contributed by atoms with Gasteiger partial charge in [-0.3, -0.25) is 4.98 Å². The number of fused-ring (bicyclic) bond motifs is 3. The van der Waals surface area contributed by atoms with Crippen LogP contribution in [0.4, 0.5) is 9.18 Å². The van der Waals surface area contributed by atoms with E-state index in [1.165, 1.54) is 12.1 Å². The lowest BCUT2D eigenvalue weighted by Gasteiger charge is -2.24. The summed E-state index contributed by atoms with van der Waals surface area (Å²) in [6, 6.07) is 9.90. The highest BCUT2D eigenvalue weighted by Crippen LogP contribution is 2.29. The molecule has 2 unspecified atom stereocenters. The highest BCUT2D eigenvalue weighted by atomic mass is 79.9. The summed E-state index contributed by atoms with van der Waals surface area (Å²) in [7, 11) is 0. The lowest BCUT2D eigenvalue weighted by atomic mass is 10.1. The number of rotatable bonds is 8. The summed E-state index contributed by atoms with van der Waals surface area (Å²) in [5.74, 6) is 0.139. The van der Waals surface area contributed by atoms with Crippen molar-refractivity contribution in [1.82, 2.24) is 19.9 Å². The number of carbonyl (C=O) groups excluding carboxylic acids is 1. The number of alkyl carbamates (subject to hydrolysis) is 1. The van der Waals surface area contributed by atoms with Crippen LogP contribution in [-0.4, -0.2) is 32.3 Å². The zero-order chi connectivity index (χ0) is 26.7. The number of pyridine rings is 1. The smallest absolute Gasteiger partial charge is 0.408 e. The first kappa shape index (κ1) is 26.9. The number of imidazole rings is 1. The lowest BCUT2D eigenvalue weighted by molar-refractivity contribution is 0.0507. The Bertz CT molecular complexity index is 1420. The molecule has 0 radical (unpaired) electrons. The summed E-state index contributed by atoms with van der Waals surface area (Å²) in [6.45, 7) is 9.91. The zero-order valence-corrected chi connectivity index (χ0v) is 23.3. The molecule has 0 bridgehead atoms. The maximum atomic E-state index is 14.1. The van der Waals surface area contributed by atoms with Crippen molar-refractivity contribution in [2.45, 2.75) is 71.8 Å². The molecule has 2 aromatic heterocycles. The van der Waals surface area contributed by atoms with E-state index in [9.17, 15) is 9.18 Å². The Balaban J connectivity index is 1.41. The fourth-order valence-electron chi connectivity index (χ4n) is 4.25. The Labute approximate surface area is 224 Å². The van der Waals surface area contributed by atoms with Crippen molar-refractivity contribution in [1.29, 1.82) is 0 Å². The summed E-state index contributed by atoms with van der Waals surface area (Å²) in [5, 5.41) is 3.82. The minimum absolute atomic E-state index is 0.125. The van der Waals surface area contributed by atoms with Gasteiger partial charge in [0.05, 0.1) is 35.7 Å². The predicted octanol–water partition coefficient (Wildman–Crippen LogP) is 7.32. The molecule has 0 fully saturated rings. The second-order valence-electron chi connectivity index (χ2n) is 10.2. The number of ether oxygens (including phenoxy) is 2. The topological polar surface area (TPSA) is 78.3 Å². The van der Waals surface area contributed by atoms with Crippen molar-refractivity contribution in [3.05, 3.63) is 64.8 Å². The van der Waals surface area contributed by atoms with Gasteiger partial charge in [0.2, 0.25) is 0 Å². The van der Waals surface area contributed by atoms with Gasteiger partial charge in [0.1, 0.15) is 22.7 Å². The van der Waals surface area contributed by atoms with E-state index in [0.29, 0.717) is 11.3 Å². The highest BCUT2D eigenvalue weighted by molar-refractivity contribution is 9.10. The molecule has 2 aromatic carbocycles. The fraction of sp³-hybridized carbons (Fsp3) is 0.393. The summed E-state index contributed by atoms with van der Waals surface area (Å²) in [4.78, 5) is 21.3. The quantitative estimate of drug-likeness (QED) is 0.240. The monoisotopic (exact) mass is 570 g/mol. The number of carbonyl (C=O) groups is 1. The van der Waals surface area contributed by atoms with Crippen molar-refractivity contribution in [3.63, 3.8) is 0 Å². The van der Waals surface area contributed by atoms with Gasteiger partial charge in [0.15, 0.2) is 0 Å². The molecule has 2 heterocycles. The maximum Gasteiger partial charge on any atom is 0.408 e. The number of nitrogens with one attached hydrogen (secondary N) is 1. The molecule has 1 amide bonds. The Morgan fingerprint density at radius 3 is 2.68 bits per heavy atom. The number of hydrogen-bond donors (Lipinski definition) is 1. The van der Waals surface area contributed by atoms with Gasteiger partial charge >= 0.3 is 6.09 Å². The second-order valence-corrected chi connectivity index (χ2v) is 11.1. The predicted molar refractivity (Wildman–Crippen MR) is 146 cm³/mol. The molecule has 0 spiro atoms. The molecule has 7 nitrogen and oxygen atoms in total. The summed E-state index contributed by atoms with van der Waals surface area (Å²) >= 11 is 3.55. The van der Waals surface area contributed by atoms with E-state index in [2.05, 4.69) is 41.8 Å². The first-order chi connectivity index (χ1) is 17.5. The lowest BCUT2D eigenvalue weighted by Crippen LogP contribution is -2.34. The first-order valence-corrected chi connectivity index (χ1v) is 13.1. The molecule has 4 aromatic rings. The SMILES string of the molecule is CC(CCCn1cnc2cnc3ccc(Br)cc3c21)Oc1ccc(F)cc1C(C)NC(=O)OC(C)(C)C. The third kappa shape index (κ3) is 6.77. The molecule has 0 aliphatic heterocycles. The summed E-state index contributed by atoms with van der Waals surface area (Å²) in [6.07, 6.45) is 4.59. The number of benzene rings is 2. The van der Waals surface area contributed by atoms with Crippen molar-refractivity contribution >= 4 is 44.0 Å². The van der Waals surface area contributed by atoms with Gasteiger partial charge in [-0.2, -0.15) is 0 Å². The van der Waals surface area contributed by atoms with E-state index in [4.69, 9.17) is 9.47 Å². The number of amides is 1. The van der Waals surface area contributed by atoms with Gasteiger partial charge in [-0.25, -0.2) is 14.2 Å². The third-order valence-corrected chi connectivity index (χ3v) is 6.41. The van der Waals surface area contributed by atoms with E-state index in [1.54, 1.807) is 40.0 Å². The van der Waals surface area contributed by atoms with E-state index in [1.807, 2.05) is 25.4 Å². The van der Waals surface area contributed by atoms with Crippen LogP contribution in [0.5, 0.6) is 5.75 Å². The van der Waals surface area contributed by atoms with Crippen LogP contribution in [0.1, 0.15) is 59.1 Å². The third-order valence-electron chi connectivity index (χ3n) is 5.92. The standard InChI is InChI=1S/C28H32BrFN4O3/c1-17(36-25-11-9-20(30)14-21(25)18(2)33-27(35)37-28(3,4)5)7-6-12-34-16-32-24-15-31-23-10-8-19(29)13-22(23)26(24)34/h8-11,13-18H,6-7,12H2,1-5H3,(H,33,35). The number of aryl methyl sites for hydroxylation is 1. The Morgan fingerprint density at radius 2 is 1.92 bits per heavy atom. The molecule has 0 aliphatic carbocycles. The molecule has 2 atom stereocenters. The summed E-state index contributed by atoms with van der Waals surface area (Å²) < 4.78 is 28.7. The number of halogens is 2. The van der Waals surface area contributed by atoms with Crippen molar-refractivity contribution in [3.8, 4) is 5.75 Å². The first-order valence-electron chi connectivity index (χ1n) is 12.3. The van der Waals surface area contributed by atoms with E-state index in [0.717, 1.165) is 45.8 Å². The average Bonchev–Trinajstić information content (AvgIpc) is 3.22. The van der Waals surface area contributed by atoms with Gasteiger partial charge in [0, 0.05) is 22.0 Å². The van der Waals surface area contributed by atoms with Crippen molar-refractivity contribution in [2.24, 2.45) is 0 Å². The van der Waals surface area contributed by atoms with Gasteiger partial charge < -0.3 is 19.4 Å². The fourth-order valence-corrected chi connectivity index (χ4v) is 4.61. The van der Waals surface area contributed by atoms with Crippen LogP contribution >= 0.6 is 15.9 Å². The van der Waals surface area contributed by atoms with Crippen LogP contribution in [0, 0.1) is 5.82 Å². The van der Waals surface area contributed by atoms with Crippen molar-refractivity contribution in [2.75, 3.05) is 0 Å². The molecular formula is C28H32BrFN4O3. The highest BCUT2D eigenvalue weighted by Gasteiger charge is 2.21. The number of nitrogens with zero attached hydrogens (tertiary/aromatic N) is 3. The van der Waals surface area contributed by atoms with E-state index in [-0.39, 0.29) is 6.10 Å².